The first-order chi connectivity index (χ1) is 24.8. The normalized spacial score (nSPS) is 11.6. The van der Waals surface area contributed by atoms with E-state index in [1.165, 1.54) is 10.9 Å². The van der Waals surface area contributed by atoms with Crippen LogP contribution in [0.25, 0.3) is 94.7 Å². The minimum Gasteiger partial charge on any atom is -0.456 e. The Bertz CT molecular complexity index is 2850. The highest BCUT2D eigenvalue weighted by atomic mass is 16.3. The summed E-state index contributed by atoms with van der Waals surface area (Å²) in [5, 5.41) is 4.50. The summed E-state index contributed by atoms with van der Waals surface area (Å²) in [5.41, 5.74) is 9.96. The summed E-state index contributed by atoms with van der Waals surface area (Å²) in [6, 6.07) is 58.4. The van der Waals surface area contributed by atoms with Crippen LogP contribution < -0.4 is 0 Å². The monoisotopic (exact) mass is 640 g/mol. The number of aromatic nitrogens is 4. The summed E-state index contributed by atoms with van der Waals surface area (Å²) in [7, 11) is 0. The van der Waals surface area contributed by atoms with Crippen LogP contribution in [0.1, 0.15) is 0 Å². The first-order valence-corrected chi connectivity index (χ1v) is 16.7. The summed E-state index contributed by atoms with van der Waals surface area (Å²) in [6.45, 7) is 0. The fraction of sp³-hybridized carbons (Fsp3) is 0. The molecule has 0 amide bonds. The largest absolute Gasteiger partial charge is 0.456 e. The molecule has 5 heteroatoms. The third kappa shape index (κ3) is 4.52. The summed E-state index contributed by atoms with van der Waals surface area (Å²) >= 11 is 0. The van der Waals surface area contributed by atoms with Crippen LogP contribution in [0.2, 0.25) is 0 Å². The van der Waals surface area contributed by atoms with Crippen molar-refractivity contribution in [3.05, 3.63) is 170 Å². The highest BCUT2D eigenvalue weighted by molar-refractivity contribution is 6.24. The van der Waals surface area contributed by atoms with Gasteiger partial charge in [0.1, 0.15) is 11.2 Å². The van der Waals surface area contributed by atoms with Crippen LogP contribution in [0.3, 0.4) is 0 Å². The van der Waals surface area contributed by atoms with Crippen molar-refractivity contribution in [3.8, 4) is 51.0 Å². The molecule has 10 aromatic rings. The maximum atomic E-state index is 6.38. The Morgan fingerprint density at radius 3 is 1.72 bits per heavy atom. The van der Waals surface area contributed by atoms with Crippen molar-refractivity contribution in [1.82, 2.24) is 19.5 Å². The Labute approximate surface area is 287 Å². The van der Waals surface area contributed by atoms with Crippen LogP contribution in [0.5, 0.6) is 0 Å². The van der Waals surface area contributed by atoms with Crippen molar-refractivity contribution in [3.63, 3.8) is 0 Å². The fourth-order valence-corrected chi connectivity index (χ4v) is 7.16. The average Bonchev–Trinajstić information content (AvgIpc) is 3.74. The lowest BCUT2D eigenvalue weighted by molar-refractivity contribution is 0.669. The third-order valence-electron chi connectivity index (χ3n) is 9.48. The summed E-state index contributed by atoms with van der Waals surface area (Å²) < 4.78 is 8.73. The highest BCUT2D eigenvalue weighted by Crippen LogP contribution is 2.42. The molecule has 10 rings (SSSR count). The zero-order valence-corrected chi connectivity index (χ0v) is 26.9. The Balaban J connectivity index is 1.23. The number of hydrogen-bond donors (Lipinski definition) is 0. The quantitative estimate of drug-likeness (QED) is 0.188. The molecule has 3 aromatic heterocycles. The van der Waals surface area contributed by atoms with Gasteiger partial charge in [0.25, 0.3) is 0 Å². The predicted molar refractivity (Wildman–Crippen MR) is 203 cm³/mol. The minimum absolute atomic E-state index is 0.603. The van der Waals surface area contributed by atoms with Gasteiger partial charge in [0.2, 0.25) is 0 Å². The Hall–Kier alpha value is -6.85. The lowest BCUT2D eigenvalue weighted by Crippen LogP contribution is -2.03. The van der Waals surface area contributed by atoms with Gasteiger partial charge in [-0.05, 0) is 47.5 Å². The second kappa shape index (κ2) is 11.4. The van der Waals surface area contributed by atoms with E-state index < -0.39 is 0 Å². The van der Waals surface area contributed by atoms with Gasteiger partial charge in [0.15, 0.2) is 17.5 Å². The molecule has 3 heterocycles. The topological polar surface area (TPSA) is 56.7 Å². The lowest BCUT2D eigenvalue weighted by Gasteiger charge is -2.15. The second-order valence-corrected chi connectivity index (χ2v) is 12.4. The van der Waals surface area contributed by atoms with E-state index in [1.807, 2.05) is 48.5 Å². The van der Waals surface area contributed by atoms with E-state index >= 15 is 0 Å². The van der Waals surface area contributed by atoms with Crippen molar-refractivity contribution in [2.45, 2.75) is 0 Å². The molecule has 0 saturated heterocycles. The average molecular weight is 641 g/mol. The molecule has 234 valence electrons. The Morgan fingerprint density at radius 1 is 0.380 bits per heavy atom. The number of fused-ring (bicyclic) bond motifs is 7. The molecule has 0 unspecified atom stereocenters. The molecule has 0 aliphatic heterocycles. The van der Waals surface area contributed by atoms with E-state index in [0.717, 1.165) is 66.3 Å². The molecule has 50 heavy (non-hydrogen) atoms. The molecule has 0 bridgehead atoms. The molecular weight excluding hydrogens is 613 g/mol. The van der Waals surface area contributed by atoms with Gasteiger partial charge in [-0.2, -0.15) is 0 Å². The number of furan rings is 1. The number of rotatable bonds is 5. The second-order valence-electron chi connectivity index (χ2n) is 12.4. The van der Waals surface area contributed by atoms with Crippen molar-refractivity contribution >= 4 is 43.7 Å². The molecule has 0 saturated carbocycles. The molecule has 0 spiro atoms. The van der Waals surface area contributed by atoms with Crippen LogP contribution in [0.4, 0.5) is 0 Å². The number of hydrogen-bond acceptors (Lipinski definition) is 4. The number of nitrogens with zero attached hydrogens (tertiary/aromatic N) is 4. The van der Waals surface area contributed by atoms with Crippen molar-refractivity contribution in [1.29, 1.82) is 0 Å². The van der Waals surface area contributed by atoms with Gasteiger partial charge in [-0.3, -0.25) is 0 Å². The zero-order valence-electron chi connectivity index (χ0n) is 26.9. The molecule has 0 fully saturated rings. The fourth-order valence-electron chi connectivity index (χ4n) is 7.16. The van der Waals surface area contributed by atoms with Crippen LogP contribution >= 0.6 is 0 Å². The van der Waals surface area contributed by atoms with E-state index in [2.05, 4.69) is 126 Å². The Kier molecular flexibility index (Phi) is 6.42. The van der Waals surface area contributed by atoms with Crippen LogP contribution in [0, 0.1) is 0 Å². The smallest absolute Gasteiger partial charge is 0.166 e. The van der Waals surface area contributed by atoms with E-state index in [0.29, 0.717) is 17.5 Å². The lowest BCUT2D eigenvalue weighted by atomic mass is 10.0. The number of para-hydroxylation sites is 3. The molecule has 0 N–H and O–H groups in total. The molecular formula is C45H28N4O. The molecule has 5 nitrogen and oxygen atoms in total. The van der Waals surface area contributed by atoms with Gasteiger partial charge >= 0.3 is 0 Å². The van der Waals surface area contributed by atoms with E-state index in [1.54, 1.807) is 0 Å². The van der Waals surface area contributed by atoms with Gasteiger partial charge in [-0.25, -0.2) is 15.0 Å². The van der Waals surface area contributed by atoms with Gasteiger partial charge in [0.05, 0.1) is 22.1 Å². The summed E-state index contributed by atoms with van der Waals surface area (Å²) in [4.78, 5) is 15.3. The highest BCUT2D eigenvalue weighted by Gasteiger charge is 2.22. The van der Waals surface area contributed by atoms with Crippen LogP contribution in [-0.2, 0) is 0 Å². The van der Waals surface area contributed by atoms with Crippen molar-refractivity contribution in [2.24, 2.45) is 0 Å². The van der Waals surface area contributed by atoms with Crippen LogP contribution in [0.15, 0.2) is 174 Å². The van der Waals surface area contributed by atoms with Gasteiger partial charge < -0.3 is 8.98 Å². The standard InChI is InChI=1S/C45H28N4O/c1-3-13-29(14-4-1)30-23-25-32(26-24-30)44-46-43(31-15-5-2-6-16-31)47-45(48-44)35-18-8-11-21-38(35)49-37-20-10-7-17-33(37)34-27-28-40-41(42(34)49)36-19-9-12-22-39(36)50-40/h1-28H. The molecule has 0 radical (unpaired) electrons. The van der Waals surface area contributed by atoms with E-state index in [4.69, 9.17) is 19.4 Å². The first-order valence-electron chi connectivity index (χ1n) is 16.7. The van der Waals surface area contributed by atoms with Gasteiger partial charge in [0, 0.05) is 32.8 Å². The Morgan fingerprint density at radius 2 is 0.940 bits per heavy atom. The predicted octanol–water partition coefficient (Wildman–Crippen LogP) is 11.5. The molecule has 0 atom stereocenters. The van der Waals surface area contributed by atoms with Gasteiger partial charge in [-0.1, -0.05) is 133 Å². The molecule has 0 aliphatic carbocycles. The van der Waals surface area contributed by atoms with E-state index in [-0.39, 0.29) is 0 Å². The summed E-state index contributed by atoms with van der Waals surface area (Å²) in [5.74, 6) is 1.85. The molecule has 7 aromatic carbocycles. The first kappa shape index (κ1) is 28.2. The minimum atomic E-state index is 0.603. The van der Waals surface area contributed by atoms with Gasteiger partial charge in [-0.15, -0.1) is 0 Å². The maximum absolute atomic E-state index is 6.38. The maximum Gasteiger partial charge on any atom is 0.166 e. The van der Waals surface area contributed by atoms with Crippen LogP contribution in [-0.4, -0.2) is 19.5 Å². The third-order valence-corrected chi connectivity index (χ3v) is 9.48. The summed E-state index contributed by atoms with van der Waals surface area (Å²) in [6.07, 6.45) is 0. The van der Waals surface area contributed by atoms with Crippen molar-refractivity contribution < 1.29 is 4.42 Å². The van der Waals surface area contributed by atoms with Crippen molar-refractivity contribution in [2.75, 3.05) is 0 Å². The zero-order chi connectivity index (χ0) is 33.0. The SMILES string of the molecule is c1ccc(-c2ccc(-c3nc(-c4ccccc4)nc(-c4ccccc4-n4c5ccccc5c5ccc6oc7ccccc7c6c54)n3)cc2)cc1. The van der Waals surface area contributed by atoms with E-state index in [9.17, 15) is 0 Å². The number of benzene rings is 7. The molecule has 0 aliphatic rings.